The summed E-state index contributed by atoms with van der Waals surface area (Å²) in [5.74, 6) is -0.0573. The molecule has 1 aromatic heterocycles. The van der Waals surface area contributed by atoms with Gasteiger partial charge in [-0.2, -0.15) is 0 Å². The van der Waals surface area contributed by atoms with Crippen molar-refractivity contribution < 1.29 is 9.18 Å². The number of carbonyl (C=O) groups excluding carboxylic acids is 1. The van der Waals surface area contributed by atoms with Crippen molar-refractivity contribution >= 4 is 16.8 Å². The van der Waals surface area contributed by atoms with Crippen LogP contribution in [-0.2, 0) is 0 Å². The number of hydrazine groups is 1. The molecule has 0 radical (unpaired) electrons. The van der Waals surface area contributed by atoms with Gasteiger partial charge in [0.2, 0.25) is 0 Å². The van der Waals surface area contributed by atoms with Crippen LogP contribution in [0.15, 0.2) is 54.7 Å². The predicted octanol–water partition coefficient (Wildman–Crippen LogP) is 2.84. The van der Waals surface area contributed by atoms with Crippen LogP contribution in [0, 0.1) is 11.7 Å². The van der Waals surface area contributed by atoms with E-state index in [9.17, 15) is 9.18 Å². The van der Waals surface area contributed by atoms with E-state index >= 15 is 0 Å². The Kier molecular flexibility index (Phi) is 4.44. The minimum atomic E-state index is -0.247. The minimum absolute atomic E-state index is 0.00810. The highest BCUT2D eigenvalue weighted by molar-refractivity contribution is 5.97. The molecule has 0 spiro atoms. The van der Waals surface area contributed by atoms with Crippen molar-refractivity contribution in [2.75, 3.05) is 20.1 Å². The molecule has 4 rings (SSSR count). The van der Waals surface area contributed by atoms with Gasteiger partial charge in [-0.3, -0.25) is 10.2 Å². The fourth-order valence-corrected chi connectivity index (χ4v) is 3.57. The Labute approximate surface area is 151 Å². The summed E-state index contributed by atoms with van der Waals surface area (Å²) in [4.78, 5) is 17.7. The van der Waals surface area contributed by atoms with Crippen molar-refractivity contribution in [2.45, 2.75) is 6.04 Å². The molecule has 2 heterocycles. The van der Waals surface area contributed by atoms with Crippen LogP contribution >= 0.6 is 0 Å². The molecule has 6 heteroatoms. The molecule has 1 fully saturated rings. The smallest absolute Gasteiger partial charge is 0.253 e. The lowest BCUT2D eigenvalue weighted by atomic mass is 9.94. The molecule has 0 bridgehead atoms. The molecule has 0 aliphatic carbocycles. The van der Waals surface area contributed by atoms with Gasteiger partial charge in [-0.25, -0.2) is 9.82 Å². The number of nitrogens with one attached hydrogen (secondary N) is 3. The van der Waals surface area contributed by atoms with Crippen LogP contribution in [0.3, 0.4) is 0 Å². The molecule has 5 nitrogen and oxygen atoms in total. The summed E-state index contributed by atoms with van der Waals surface area (Å²) in [6, 6.07) is 14.2. The van der Waals surface area contributed by atoms with Gasteiger partial charge >= 0.3 is 0 Å². The van der Waals surface area contributed by atoms with Crippen LogP contribution in [0.1, 0.15) is 22.0 Å². The third-order valence-corrected chi connectivity index (χ3v) is 4.98. The molecule has 2 unspecified atom stereocenters. The molecule has 1 aliphatic heterocycles. The number of rotatable bonds is 4. The zero-order valence-electron chi connectivity index (χ0n) is 14.5. The van der Waals surface area contributed by atoms with E-state index in [4.69, 9.17) is 0 Å². The molecular formula is C20H21FN4O. The minimum Gasteiger partial charge on any atom is -0.361 e. The van der Waals surface area contributed by atoms with Crippen molar-refractivity contribution in [1.82, 2.24) is 20.7 Å². The number of fused-ring (bicyclic) bond motifs is 1. The van der Waals surface area contributed by atoms with Gasteiger partial charge in [0, 0.05) is 43.3 Å². The molecule has 26 heavy (non-hydrogen) atoms. The van der Waals surface area contributed by atoms with Gasteiger partial charge in [0.1, 0.15) is 5.82 Å². The van der Waals surface area contributed by atoms with Crippen LogP contribution in [0.2, 0.25) is 0 Å². The Balaban J connectivity index is 1.48. The Hall–Kier alpha value is -2.70. The first-order valence-electron chi connectivity index (χ1n) is 8.68. The van der Waals surface area contributed by atoms with E-state index < -0.39 is 0 Å². The maximum absolute atomic E-state index is 13.2. The number of amides is 1. The molecule has 1 aliphatic rings. The quantitative estimate of drug-likeness (QED) is 0.677. The first-order valence-corrected chi connectivity index (χ1v) is 8.68. The fraction of sp³-hybridized carbons (Fsp3) is 0.250. The highest BCUT2D eigenvalue weighted by Gasteiger charge is 2.30. The zero-order chi connectivity index (χ0) is 18.1. The number of hydrogen-bond donors (Lipinski definition) is 3. The monoisotopic (exact) mass is 352 g/mol. The summed E-state index contributed by atoms with van der Waals surface area (Å²) < 4.78 is 13.2. The lowest BCUT2D eigenvalue weighted by Crippen LogP contribution is -2.34. The molecule has 3 N–H and O–H groups in total. The standard InChI is InChI=1S/C20H21FN4O/c1-25(20(26)15-3-2-13-8-9-22-18(13)10-15)12-16-11-23-24-19(16)14-4-6-17(21)7-5-14/h2-10,16,19,22-24H,11-12H2,1H3. The van der Waals surface area contributed by atoms with E-state index in [1.54, 1.807) is 17.0 Å². The first kappa shape index (κ1) is 16.8. The van der Waals surface area contributed by atoms with Gasteiger partial charge in [0.05, 0.1) is 6.04 Å². The Morgan fingerprint density at radius 3 is 2.81 bits per heavy atom. The summed E-state index contributed by atoms with van der Waals surface area (Å²) in [6.45, 7) is 1.35. The average molecular weight is 352 g/mol. The molecule has 2 aromatic carbocycles. The SMILES string of the molecule is CN(CC1CNNC1c1ccc(F)cc1)C(=O)c1ccc2cc[nH]c2c1. The highest BCUT2D eigenvalue weighted by atomic mass is 19.1. The topological polar surface area (TPSA) is 60.2 Å². The Morgan fingerprint density at radius 2 is 2.00 bits per heavy atom. The zero-order valence-corrected chi connectivity index (χ0v) is 14.5. The summed E-state index contributed by atoms with van der Waals surface area (Å²) in [5, 5.41) is 1.09. The summed E-state index contributed by atoms with van der Waals surface area (Å²) in [7, 11) is 1.82. The van der Waals surface area contributed by atoms with Crippen LogP contribution in [0.4, 0.5) is 4.39 Å². The third-order valence-electron chi connectivity index (χ3n) is 4.98. The van der Waals surface area contributed by atoms with Crippen molar-refractivity contribution in [3.8, 4) is 0 Å². The van der Waals surface area contributed by atoms with E-state index in [0.29, 0.717) is 12.1 Å². The summed E-state index contributed by atoms with van der Waals surface area (Å²) in [5.41, 5.74) is 9.02. The molecule has 2 atom stereocenters. The number of aromatic nitrogens is 1. The number of halogens is 1. The number of hydrogen-bond acceptors (Lipinski definition) is 3. The van der Waals surface area contributed by atoms with Gasteiger partial charge in [0.25, 0.3) is 5.91 Å². The second-order valence-electron chi connectivity index (χ2n) is 6.78. The van der Waals surface area contributed by atoms with Crippen molar-refractivity contribution in [3.05, 3.63) is 71.7 Å². The van der Waals surface area contributed by atoms with Gasteiger partial charge < -0.3 is 9.88 Å². The van der Waals surface area contributed by atoms with Gasteiger partial charge in [-0.15, -0.1) is 0 Å². The second-order valence-corrected chi connectivity index (χ2v) is 6.78. The maximum Gasteiger partial charge on any atom is 0.253 e. The van der Waals surface area contributed by atoms with Crippen molar-refractivity contribution in [2.24, 2.45) is 5.92 Å². The Bertz CT molecular complexity index is 921. The second kappa shape index (κ2) is 6.90. The summed E-state index contributed by atoms with van der Waals surface area (Å²) in [6.07, 6.45) is 1.87. The number of benzene rings is 2. The maximum atomic E-state index is 13.2. The molecule has 3 aromatic rings. The predicted molar refractivity (Wildman–Crippen MR) is 99.0 cm³/mol. The number of nitrogens with zero attached hydrogens (tertiary/aromatic N) is 1. The molecule has 134 valence electrons. The van der Waals surface area contributed by atoms with E-state index in [2.05, 4.69) is 15.8 Å². The first-order chi connectivity index (χ1) is 12.6. The number of aromatic amines is 1. The molecule has 1 saturated heterocycles. The average Bonchev–Trinajstić information content (AvgIpc) is 3.30. The largest absolute Gasteiger partial charge is 0.361 e. The van der Waals surface area contributed by atoms with Crippen LogP contribution < -0.4 is 10.9 Å². The Morgan fingerprint density at radius 1 is 1.19 bits per heavy atom. The third kappa shape index (κ3) is 3.21. The van der Waals surface area contributed by atoms with Gasteiger partial charge in [-0.1, -0.05) is 18.2 Å². The normalized spacial score (nSPS) is 19.8. The van der Waals surface area contributed by atoms with Crippen molar-refractivity contribution in [1.29, 1.82) is 0 Å². The van der Waals surface area contributed by atoms with Crippen LogP contribution in [0.25, 0.3) is 10.9 Å². The molecule has 1 amide bonds. The van der Waals surface area contributed by atoms with Gasteiger partial charge in [0.15, 0.2) is 0 Å². The van der Waals surface area contributed by atoms with E-state index in [1.165, 1.54) is 12.1 Å². The van der Waals surface area contributed by atoms with E-state index in [1.807, 2.05) is 37.5 Å². The lowest BCUT2D eigenvalue weighted by molar-refractivity contribution is 0.0771. The fourth-order valence-electron chi connectivity index (χ4n) is 3.57. The molecular weight excluding hydrogens is 331 g/mol. The highest BCUT2D eigenvalue weighted by Crippen LogP contribution is 2.26. The molecule has 0 saturated carbocycles. The van der Waals surface area contributed by atoms with E-state index in [0.717, 1.165) is 23.0 Å². The summed E-state index contributed by atoms with van der Waals surface area (Å²) >= 11 is 0. The van der Waals surface area contributed by atoms with Crippen LogP contribution in [-0.4, -0.2) is 35.9 Å². The number of H-pyrrole nitrogens is 1. The van der Waals surface area contributed by atoms with Gasteiger partial charge in [-0.05, 0) is 41.3 Å². The lowest BCUT2D eigenvalue weighted by Gasteiger charge is -2.25. The number of carbonyl (C=O) groups is 1. The van der Waals surface area contributed by atoms with Crippen LogP contribution in [0.5, 0.6) is 0 Å². The van der Waals surface area contributed by atoms with E-state index in [-0.39, 0.29) is 23.7 Å². The van der Waals surface area contributed by atoms with Crippen molar-refractivity contribution in [3.63, 3.8) is 0 Å².